The molecule has 0 aromatic heterocycles. The minimum absolute atomic E-state index is 0.283. The molecule has 2 atom stereocenters. The minimum atomic E-state index is -1.22. The molecule has 0 N–H and O–H groups in total. The molecular weight excluding hydrogens is 286 g/mol. The van der Waals surface area contributed by atoms with Crippen molar-refractivity contribution in [3.63, 3.8) is 0 Å². The van der Waals surface area contributed by atoms with Crippen molar-refractivity contribution in [2.24, 2.45) is 0 Å². The number of hydrogen-bond donors (Lipinski definition) is 0. The van der Waals surface area contributed by atoms with E-state index in [2.05, 4.69) is 0 Å². The molecule has 0 amide bonds. The average Bonchev–Trinajstić information content (AvgIpc) is 2.30. The third kappa shape index (κ3) is 3.55. The Balaban J connectivity index is 2.89. The van der Waals surface area contributed by atoms with E-state index in [4.69, 9.17) is 4.74 Å². The summed E-state index contributed by atoms with van der Waals surface area (Å²) in [6.07, 6.45) is -1.22. The van der Waals surface area contributed by atoms with Gasteiger partial charge in [0.2, 0.25) is 0 Å². The number of rotatable bonds is 5. The number of benzene rings is 1. The molecule has 1 rings (SSSR count). The molecule has 17 heavy (non-hydrogen) atoms. The zero-order chi connectivity index (χ0) is 12.9. The number of carbonyl (C=O) groups excluding carboxylic acids is 1. The van der Waals surface area contributed by atoms with Gasteiger partial charge in [-0.05, 0) is 0 Å². The maximum absolute atomic E-state index is 13.7. The molecule has 0 aliphatic rings. The molecule has 0 saturated carbocycles. The van der Waals surface area contributed by atoms with Crippen LogP contribution in [0.15, 0.2) is 30.3 Å². The van der Waals surface area contributed by atoms with Gasteiger partial charge in [-0.2, -0.15) is 0 Å². The fourth-order valence-corrected chi connectivity index (χ4v) is 3.57. The Morgan fingerprint density at radius 2 is 2.06 bits per heavy atom. The Morgan fingerprint density at radius 3 is 2.53 bits per heavy atom. The van der Waals surface area contributed by atoms with Crippen LogP contribution in [0.3, 0.4) is 0 Å². The van der Waals surface area contributed by atoms with Crippen molar-refractivity contribution in [2.75, 3.05) is 6.61 Å². The van der Waals surface area contributed by atoms with E-state index in [1.165, 1.54) is 6.92 Å². The predicted octanol–water partition coefficient (Wildman–Crippen LogP) is 2.12. The number of carbonyl (C=O) groups is 1. The van der Waals surface area contributed by atoms with Crippen LogP contribution in [0.1, 0.15) is 20.8 Å². The summed E-state index contributed by atoms with van der Waals surface area (Å²) in [7, 11) is 0. The fourth-order valence-electron chi connectivity index (χ4n) is 1.29. The van der Waals surface area contributed by atoms with Crippen LogP contribution in [-0.2, 0) is 9.53 Å². The van der Waals surface area contributed by atoms with Gasteiger partial charge in [-0.15, -0.1) is 0 Å². The normalized spacial score (nSPS) is 16.0. The summed E-state index contributed by atoms with van der Waals surface area (Å²) < 4.78 is 18.7. The molecular formula is C13H17FO2Se. The second-order valence-corrected chi connectivity index (χ2v) is 7.06. The zero-order valence-electron chi connectivity index (χ0n) is 10.3. The monoisotopic (exact) mass is 304 g/mol. The number of hydrogen-bond acceptors (Lipinski definition) is 2. The quantitative estimate of drug-likeness (QED) is 0.615. The van der Waals surface area contributed by atoms with E-state index in [9.17, 15) is 9.18 Å². The summed E-state index contributed by atoms with van der Waals surface area (Å²) in [5.41, 5.74) is 0. The Hall–Kier alpha value is -0.861. The standard InChI is InChI=1S/C13H17FO2Se/c1-4-16-12(15)13(3,10(2)14)17-11-8-6-5-7-9-11/h5-10H,4H2,1-3H3. The summed E-state index contributed by atoms with van der Waals surface area (Å²) in [4.78, 5) is 11.9. The van der Waals surface area contributed by atoms with E-state index in [0.717, 1.165) is 4.46 Å². The first-order valence-electron chi connectivity index (χ1n) is 5.56. The van der Waals surface area contributed by atoms with Gasteiger partial charge < -0.3 is 0 Å². The number of esters is 1. The van der Waals surface area contributed by atoms with Crippen LogP contribution in [0.4, 0.5) is 4.39 Å². The molecule has 0 saturated heterocycles. The summed E-state index contributed by atoms with van der Waals surface area (Å²) in [6.45, 7) is 5.08. The van der Waals surface area contributed by atoms with Gasteiger partial charge >= 0.3 is 108 Å². The molecule has 1 aromatic rings. The van der Waals surface area contributed by atoms with Crippen LogP contribution in [0, 0.1) is 0 Å². The predicted molar refractivity (Wildman–Crippen MR) is 67.4 cm³/mol. The SMILES string of the molecule is CCOC(=O)C(C)([Se]c1ccccc1)C(C)F. The molecule has 2 nitrogen and oxygen atoms in total. The topological polar surface area (TPSA) is 26.3 Å². The van der Waals surface area contributed by atoms with Gasteiger partial charge in [-0.3, -0.25) is 0 Å². The zero-order valence-corrected chi connectivity index (χ0v) is 12.0. The first-order chi connectivity index (χ1) is 8.00. The molecule has 0 fully saturated rings. The van der Waals surface area contributed by atoms with Crippen LogP contribution in [-0.4, -0.2) is 33.7 Å². The third-order valence-electron chi connectivity index (χ3n) is 2.51. The van der Waals surface area contributed by atoms with Crippen molar-refractivity contribution in [3.8, 4) is 0 Å². The Labute approximate surface area is 108 Å². The fraction of sp³-hybridized carbons (Fsp3) is 0.462. The van der Waals surface area contributed by atoms with Crippen molar-refractivity contribution >= 4 is 25.4 Å². The molecule has 0 aliphatic carbocycles. The van der Waals surface area contributed by atoms with E-state index in [1.807, 2.05) is 30.3 Å². The van der Waals surface area contributed by atoms with E-state index in [0.29, 0.717) is 0 Å². The first-order valence-corrected chi connectivity index (χ1v) is 7.27. The van der Waals surface area contributed by atoms with Crippen LogP contribution >= 0.6 is 0 Å². The van der Waals surface area contributed by atoms with Crippen molar-refractivity contribution in [1.82, 2.24) is 0 Å². The van der Waals surface area contributed by atoms with Gasteiger partial charge in [-0.25, -0.2) is 0 Å². The van der Waals surface area contributed by atoms with Crippen LogP contribution in [0.5, 0.6) is 0 Å². The van der Waals surface area contributed by atoms with Crippen LogP contribution in [0.2, 0.25) is 4.31 Å². The summed E-state index contributed by atoms with van der Waals surface area (Å²) >= 11 is -0.283. The van der Waals surface area contributed by atoms with Gasteiger partial charge in [-0.1, -0.05) is 0 Å². The number of halogens is 1. The van der Waals surface area contributed by atoms with E-state index < -0.39 is 16.5 Å². The van der Waals surface area contributed by atoms with Gasteiger partial charge in [0.1, 0.15) is 0 Å². The van der Waals surface area contributed by atoms with Crippen molar-refractivity contribution < 1.29 is 13.9 Å². The van der Waals surface area contributed by atoms with Crippen molar-refractivity contribution in [3.05, 3.63) is 30.3 Å². The summed E-state index contributed by atoms with van der Waals surface area (Å²) in [5.74, 6) is -0.446. The maximum atomic E-state index is 13.7. The molecule has 4 heteroatoms. The molecule has 0 bridgehead atoms. The van der Waals surface area contributed by atoms with E-state index >= 15 is 0 Å². The Morgan fingerprint density at radius 1 is 1.47 bits per heavy atom. The molecule has 0 aliphatic heterocycles. The van der Waals surface area contributed by atoms with E-state index in [1.54, 1.807) is 13.8 Å². The molecule has 0 spiro atoms. The van der Waals surface area contributed by atoms with Crippen LogP contribution < -0.4 is 4.46 Å². The summed E-state index contributed by atoms with van der Waals surface area (Å²) in [5, 5.41) is 0. The number of alkyl halides is 1. The van der Waals surface area contributed by atoms with Gasteiger partial charge in [0, 0.05) is 0 Å². The molecule has 2 unspecified atom stereocenters. The third-order valence-corrected chi connectivity index (χ3v) is 5.50. The molecule has 1 aromatic carbocycles. The second-order valence-electron chi connectivity index (χ2n) is 3.86. The first kappa shape index (κ1) is 14.2. The Bertz CT molecular complexity index is 367. The number of ether oxygens (including phenoxy) is 1. The van der Waals surface area contributed by atoms with Gasteiger partial charge in [0.05, 0.1) is 0 Å². The molecule has 0 radical (unpaired) electrons. The van der Waals surface area contributed by atoms with Gasteiger partial charge in [0.25, 0.3) is 0 Å². The molecule has 0 heterocycles. The average molecular weight is 303 g/mol. The Kier molecular flexibility index (Phi) is 5.16. The summed E-state index contributed by atoms with van der Waals surface area (Å²) in [6, 6.07) is 9.52. The van der Waals surface area contributed by atoms with E-state index in [-0.39, 0.29) is 21.6 Å². The van der Waals surface area contributed by atoms with Crippen molar-refractivity contribution in [1.29, 1.82) is 0 Å². The van der Waals surface area contributed by atoms with Crippen molar-refractivity contribution in [2.45, 2.75) is 31.3 Å². The second kappa shape index (κ2) is 6.18. The van der Waals surface area contributed by atoms with Gasteiger partial charge in [0.15, 0.2) is 0 Å². The van der Waals surface area contributed by atoms with Crippen LogP contribution in [0.25, 0.3) is 0 Å². The molecule has 94 valence electrons.